The first kappa shape index (κ1) is 15.2. The summed E-state index contributed by atoms with van der Waals surface area (Å²) in [5.74, 6) is 1.76. The Hall–Kier alpha value is -0.870. The van der Waals surface area contributed by atoms with Crippen molar-refractivity contribution < 1.29 is 4.74 Å². The molecule has 2 atom stereocenters. The third-order valence-electron chi connectivity index (χ3n) is 3.27. The van der Waals surface area contributed by atoms with E-state index in [0.717, 1.165) is 38.2 Å². The van der Waals surface area contributed by atoms with E-state index in [4.69, 9.17) is 4.74 Å². The SMILES string of the molecule is CCNC(CCc1nccn1C)CC(C)COC. The minimum absolute atomic E-state index is 0.553. The van der Waals surface area contributed by atoms with Crippen molar-refractivity contribution in [2.45, 2.75) is 39.2 Å². The van der Waals surface area contributed by atoms with Gasteiger partial charge in [0.05, 0.1) is 0 Å². The number of nitrogens with zero attached hydrogens (tertiary/aromatic N) is 2. The normalized spacial score (nSPS) is 14.7. The van der Waals surface area contributed by atoms with Gasteiger partial charge in [0.25, 0.3) is 0 Å². The smallest absolute Gasteiger partial charge is 0.108 e. The highest BCUT2D eigenvalue weighted by Crippen LogP contribution is 2.12. The highest BCUT2D eigenvalue weighted by molar-refractivity contribution is 4.92. The lowest BCUT2D eigenvalue weighted by Gasteiger charge is -2.21. The van der Waals surface area contributed by atoms with E-state index in [-0.39, 0.29) is 0 Å². The van der Waals surface area contributed by atoms with Gasteiger partial charge in [-0.2, -0.15) is 0 Å². The van der Waals surface area contributed by atoms with Gasteiger partial charge >= 0.3 is 0 Å². The maximum absolute atomic E-state index is 5.21. The van der Waals surface area contributed by atoms with Gasteiger partial charge in [0.2, 0.25) is 0 Å². The summed E-state index contributed by atoms with van der Waals surface area (Å²) in [5.41, 5.74) is 0. The maximum Gasteiger partial charge on any atom is 0.108 e. The van der Waals surface area contributed by atoms with E-state index in [0.29, 0.717) is 12.0 Å². The lowest BCUT2D eigenvalue weighted by Crippen LogP contribution is -2.32. The lowest BCUT2D eigenvalue weighted by atomic mass is 9.98. The molecule has 0 saturated heterocycles. The molecule has 0 aromatic carbocycles. The Morgan fingerprint density at radius 1 is 1.50 bits per heavy atom. The van der Waals surface area contributed by atoms with Gasteiger partial charge in [0, 0.05) is 45.6 Å². The van der Waals surface area contributed by atoms with Crippen LogP contribution in [0.15, 0.2) is 12.4 Å². The Labute approximate surface area is 111 Å². The Kier molecular flexibility index (Phi) is 6.98. The zero-order valence-corrected chi connectivity index (χ0v) is 12.1. The molecule has 1 aromatic heterocycles. The zero-order chi connectivity index (χ0) is 13.4. The molecule has 0 radical (unpaired) electrons. The molecule has 1 rings (SSSR count). The summed E-state index contributed by atoms with van der Waals surface area (Å²) < 4.78 is 7.31. The number of ether oxygens (including phenoxy) is 1. The molecule has 0 fully saturated rings. The Balaban J connectivity index is 2.40. The molecule has 1 aromatic rings. The molecule has 2 unspecified atom stereocenters. The average Bonchev–Trinajstić information content (AvgIpc) is 2.72. The largest absolute Gasteiger partial charge is 0.384 e. The monoisotopic (exact) mass is 253 g/mol. The summed E-state index contributed by atoms with van der Waals surface area (Å²) >= 11 is 0. The molecule has 1 N–H and O–H groups in total. The number of methoxy groups -OCH3 is 1. The predicted octanol–water partition coefficient (Wildman–Crippen LogP) is 2.00. The fourth-order valence-corrected chi connectivity index (χ4v) is 2.37. The van der Waals surface area contributed by atoms with E-state index in [1.165, 1.54) is 0 Å². The summed E-state index contributed by atoms with van der Waals surface area (Å²) in [6.45, 7) is 6.26. The summed E-state index contributed by atoms with van der Waals surface area (Å²) in [4.78, 5) is 4.37. The molecule has 0 spiro atoms. The van der Waals surface area contributed by atoms with Crippen molar-refractivity contribution >= 4 is 0 Å². The van der Waals surface area contributed by atoms with E-state index < -0.39 is 0 Å². The second-order valence-corrected chi connectivity index (χ2v) is 5.04. The van der Waals surface area contributed by atoms with Crippen LogP contribution in [0, 0.1) is 5.92 Å². The fraction of sp³-hybridized carbons (Fsp3) is 0.786. The topological polar surface area (TPSA) is 39.1 Å². The van der Waals surface area contributed by atoms with Crippen molar-refractivity contribution in [2.75, 3.05) is 20.3 Å². The van der Waals surface area contributed by atoms with E-state index in [1.807, 2.05) is 12.4 Å². The van der Waals surface area contributed by atoms with Gasteiger partial charge in [-0.05, 0) is 25.3 Å². The van der Waals surface area contributed by atoms with E-state index in [2.05, 4.69) is 35.8 Å². The van der Waals surface area contributed by atoms with Crippen molar-refractivity contribution in [3.05, 3.63) is 18.2 Å². The van der Waals surface area contributed by atoms with Crippen LogP contribution in [-0.4, -0.2) is 35.9 Å². The molecule has 0 aliphatic carbocycles. The van der Waals surface area contributed by atoms with Crippen molar-refractivity contribution in [1.29, 1.82) is 0 Å². The highest BCUT2D eigenvalue weighted by Gasteiger charge is 2.13. The van der Waals surface area contributed by atoms with E-state index in [1.54, 1.807) is 7.11 Å². The second-order valence-electron chi connectivity index (χ2n) is 5.04. The molecule has 0 aliphatic rings. The van der Waals surface area contributed by atoms with E-state index in [9.17, 15) is 0 Å². The molecule has 0 bridgehead atoms. The number of hydrogen-bond donors (Lipinski definition) is 1. The van der Waals surface area contributed by atoms with Crippen molar-refractivity contribution in [2.24, 2.45) is 13.0 Å². The Morgan fingerprint density at radius 3 is 2.83 bits per heavy atom. The molecule has 0 amide bonds. The average molecular weight is 253 g/mol. The van der Waals surface area contributed by atoms with Gasteiger partial charge in [-0.25, -0.2) is 4.98 Å². The van der Waals surface area contributed by atoms with Crippen LogP contribution in [0.3, 0.4) is 0 Å². The van der Waals surface area contributed by atoms with Gasteiger partial charge < -0.3 is 14.6 Å². The van der Waals surface area contributed by atoms with Gasteiger partial charge in [0.1, 0.15) is 5.82 Å². The number of rotatable bonds is 9. The third kappa shape index (κ3) is 5.19. The van der Waals surface area contributed by atoms with Crippen LogP contribution < -0.4 is 5.32 Å². The quantitative estimate of drug-likeness (QED) is 0.731. The second kappa shape index (κ2) is 8.27. The minimum atomic E-state index is 0.553. The van der Waals surface area contributed by atoms with E-state index >= 15 is 0 Å². The van der Waals surface area contributed by atoms with Gasteiger partial charge in [-0.15, -0.1) is 0 Å². The lowest BCUT2D eigenvalue weighted by molar-refractivity contribution is 0.148. The minimum Gasteiger partial charge on any atom is -0.384 e. The number of aryl methyl sites for hydroxylation is 2. The van der Waals surface area contributed by atoms with Crippen LogP contribution in [0.2, 0.25) is 0 Å². The Bertz CT molecular complexity index is 325. The molecule has 0 aliphatic heterocycles. The summed E-state index contributed by atoms with van der Waals surface area (Å²) in [5, 5.41) is 3.56. The fourth-order valence-electron chi connectivity index (χ4n) is 2.37. The van der Waals surface area contributed by atoms with Crippen molar-refractivity contribution in [3.8, 4) is 0 Å². The van der Waals surface area contributed by atoms with Crippen LogP contribution >= 0.6 is 0 Å². The van der Waals surface area contributed by atoms with Crippen LogP contribution in [0.4, 0.5) is 0 Å². The number of imidazole rings is 1. The molecule has 0 saturated carbocycles. The predicted molar refractivity (Wildman–Crippen MR) is 74.7 cm³/mol. The first-order valence-corrected chi connectivity index (χ1v) is 6.85. The maximum atomic E-state index is 5.21. The summed E-state index contributed by atoms with van der Waals surface area (Å²) in [6, 6.07) is 0.553. The summed E-state index contributed by atoms with van der Waals surface area (Å²) in [6.07, 6.45) is 7.19. The number of hydrogen-bond acceptors (Lipinski definition) is 3. The van der Waals surface area contributed by atoms with Crippen LogP contribution in [0.1, 0.15) is 32.5 Å². The number of aromatic nitrogens is 2. The van der Waals surface area contributed by atoms with Gasteiger partial charge in [-0.1, -0.05) is 13.8 Å². The number of nitrogens with one attached hydrogen (secondary N) is 1. The Morgan fingerprint density at radius 2 is 2.28 bits per heavy atom. The molecule has 104 valence electrons. The van der Waals surface area contributed by atoms with Crippen LogP contribution in [0.25, 0.3) is 0 Å². The molecule has 18 heavy (non-hydrogen) atoms. The molecular formula is C14H27N3O. The zero-order valence-electron chi connectivity index (χ0n) is 12.1. The van der Waals surface area contributed by atoms with Crippen molar-refractivity contribution in [3.63, 3.8) is 0 Å². The molecule has 4 nitrogen and oxygen atoms in total. The summed E-state index contributed by atoms with van der Waals surface area (Å²) in [7, 11) is 3.82. The molecule has 4 heteroatoms. The first-order valence-electron chi connectivity index (χ1n) is 6.85. The first-order chi connectivity index (χ1) is 8.67. The highest BCUT2D eigenvalue weighted by atomic mass is 16.5. The van der Waals surface area contributed by atoms with Crippen LogP contribution in [-0.2, 0) is 18.2 Å². The van der Waals surface area contributed by atoms with Crippen LogP contribution in [0.5, 0.6) is 0 Å². The van der Waals surface area contributed by atoms with Crippen molar-refractivity contribution in [1.82, 2.24) is 14.9 Å². The van der Waals surface area contributed by atoms with Gasteiger partial charge in [-0.3, -0.25) is 0 Å². The molecule has 1 heterocycles. The third-order valence-corrected chi connectivity index (χ3v) is 3.27. The standard InChI is InChI=1S/C14H27N3O/c1-5-15-13(10-12(2)11-18-4)6-7-14-16-8-9-17(14)3/h8-9,12-13,15H,5-7,10-11H2,1-4H3. The van der Waals surface area contributed by atoms with Gasteiger partial charge in [0.15, 0.2) is 0 Å². The molecular weight excluding hydrogens is 226 g/mol.